The van der Waals surface area contributed by atoms with Crippen molar-refractivity contribution < 1.29 is 18.3 Å². The van der Waals surface area contributed by atoms with Crippen LogP contribution in [0.2, 0.25) is 0 Å². The van der Waals surface area contributed by atoms with Crippen LogP contribution < -0.4 is 0 Å². The molecule has 0 aliphatic carbocycles. The summed E-state index contributed by atoms with van der Waals surface area (Å²) in [5, 5.41) is 9.69. The minimum atomic E-state index is -4.36. The summed E-state index contributed by atoms with van der Waals surface area (Å²) < 4.78 is 37.2. The first-order chi connectivity index (χ1) is 8.38. The number of benzene rings is 1. The average Bonchev–Trinajstić information content (AvgIpc) is 2.28. The molecule has 1 aromatic heterocycles. The van der Waals surface area contributed by atoms with E-state index in [0.29, 0.717) is 5.56 Å². The van der Waals surface area contributed by atoms with Crippen LogP contribution in [0.5, 0.6) is 5.75 Å². The highest BCUT2D eigenvalue weighted by Gasteiger charge is 2.30. The molecular formula is C13H10F3NO. The van der Waals surface area contributed by atoms with Gasteiger partial charge >= 0.3 is 6.18 Å². The Labute approximate surface area is 102 Å². The minimum Gasteiger partial charge on any atom is -0.506 e. The number of rotatable bonds is 1. The van der Waals surface area contributed by atoms with Crippen LogP contribution in [0.3, 0.4) is 0 Å². The molecule has 0 spiro atoms. The van der Waals surface area contributed by atoms with Gasteiger partial charge in [-0.2, -0.15) is 13.2 Å². The van der Waals surface area contributed by atoms with Crippen LogP contribution in [0.15, 0.2) is 36.5 Å². The summed E-state index contributed by atoms with van der Waals surface area (Å²) >= 11 is 0. The first kappa shape index (κ1) is 12.4. The van der Waals surface area contributed by atoms with Crippen LogP contribution in [0.25, 0.3) is 11.3 Å². The Balaban J connectivity index is 2.41. The monoisotopic (exact) mass is 253 g/mol. The van der Waals surface area contributed by atoms with Crippen molar-refractivity contribution in [3.05, 3.63) is 47.7 Å². The Kier molecular flexibility index (Phi) is 2.98. The molecule has 0 fully saturated rings. The van der Waals surface area contributed by atoms with Gasteiger partial charge in [0.15, 0.2) is 0 Å². The van der Waals surface area contributed by atoms with Gasteiger partial charge in [0, 0.05) is 11.8 Å². The van der Waals surface area contributed by atoms with E-state index in [1.165, 1.54) is 18.2 Å². The molecule has 0 bridgehead atoms. The lowest BCUT2D eigenvalue weighted by molar-refractivity contribution is -0.137. The predicted octanol–water partition coefficient (Wildman–Crippen LogP) is 3.78. The van der Waals surface area contributed by atoms with Crippen molar-refractivity contribution in [1.82, 2.24) is 4.98 Å². The van der Waals surface area contributed by atoms with Gasteiger partial charge in [0.1, 0.15) is 11.4 Å². The first-order valence-electron chi connectivity index (χ1n) is 5.21. The number of pyridine rings is 1. The highest BCUT2D eigenvalue weighted by molar-refractivity contribution is 5.66. The molecule has 2 nitrogen and oxygen atoms in total. The Bertz CT molecular complexity index is 561. The number of aromatic hydroxyl groups is 1. The second-order valence-corrected chi connectivity index (χ2v) is 3.96. The van der Waals surface area contributed by atoms with Crippen LogP contribution in [0.1, 0.15) is 11.1 Å². The average molecular weight is 253 g/mol. The van der Waals surface area contributed by atoms with Gasteiger partial charge in [0.2, 0.25) is 0 Å². The normalized spacial score (nSPS) is 11.6. The smallest absolute Gasteiger partial charge is 0.416 e. The SMILES string of the molecule is Cc1cnc(-c2ccc(C(F)(F)F)cc2)c(O)c1. The highest BCUT2D eigenvalue weighted by Crippen LogP contribution is 2.32. The Morgan fingerprint density at radius 2 is 1.72 bits per heavy atom. The van der Waals surface area contributed by atoms with E-state index in [1.54, 1.807) is 13.1 Å². The summed E-state index contributed by atoms with van der Waals surface area (Å²) in [6, 6.07) is 6.03. The van der Waals surface area contributed by atoms with E-state index in [9.17, 15) is 18.3 Å². The van der Waals surface area contributed by atoms with Crippen LogP contribution in [-0.2, 0) is 6.18 Å². The molecule has 1 heterocycles. The second kappa shape index (κ2) is 4.33. The maximum atomic E-state index is 12.4. The maximum absolute atomic E-state index is 12.4. The fraction of sp³-hybridized carbons (Fsp3) is 0.154. The van der Waals surface area contributed by atoms with E-state index in [4.69, 9.17) is 0 Å². The lowest BCUT2D eigenvalue weighted by Crippen LogP contribution is -2.04. The molecule has 2 rings (SSSR count). The third-order valence-electron chi connectivity index (χ3n) is 2.49. The van der Waals surface area contributed by atoms with Crippen LogP contribution in [0, 0.1) is 6.92 Å². The van der Waals surface area contributed by atoms with Crippen molar-refractivity contribution in [1.29, 1.82) is 0 Å². The van der Waals surface area contributed by atoms with E-state index in [0.717, 1.165) is 17.7 Å². The third-order valence-corrected chi connectivity index (χ3v) is 2.49. The molecule has 0 unspecified atom stereocenters. The van der Waals surface area contributed by atoms with Crippen LogP contribution >= 0.6 is 0 Å². The molecule has 94 valence electrons. The molecule has 0 aliphatic rings. The zero-order chi connectivity index (χ0) is 13.3. The lowest BCUT2D eigenvalue weighted by atomic mass is 10.1. The van der Waals surface area contributed by atoms with Crippen molar-refractivity contribution in [2.45, 2.75) is 13.1 Å². The molecule has 1 N–H and O–H groups in total. The Morgan fingerprint density at radius 1 is 1.11 bits per heavy atom. The highest BCUT2D eigenvalue weighted by atomic mass is 19.4. The number of aromatic nitrogens is 1. The summed E-state index contributed by atoms with van der Waals surface area (Å²) in [7, 11) is 0. The standard InChI is InChI=1S/C13H10F3NO/c1-8-6-11(18)12(17-7-8)9-2-4-10(5-3-9)13(14,15)16/h2-7,18H,1H3. The van der Waals surface area contributed by atoms with Crippen LogP contribution in [0.4, 0.5) is 13.2 Å². The van der Waals surface area contributed by atoms with E-state index in [2.05, 4.69) is 4.98 Å². The van der Waals surface area contributed by atoms with Crippen LogP contribution in [-0.4, -0.2) is 10.1 Å². The summed E-state index contributed by atoms with van der Waals surface area (Å²) in [6.07, 6.45) is -2.81. The zero-order valence-electron chi connectivity index (χ0n) is 9.49. The molecule has 0 saturated heterocycles. The van der Waals surface area contributed by atoms with Gasteiger partial charge in [-0.05, 0) is 30.7 Å². The number of hydrogen-bond donors (Lipinski definition) is 1. The maximum Gasteiger partial charge on any atom is 0.416 e. The fourth-order valence-corrected chi connectivity index (χ4v) is 1.59. The van der Waals surface area contributed by atoms with Crippen molar-refractivity contribution in [3.63, 3.8) is 0 Å². The van der Waals surface area contributed by atoms with E-state index in [1.807, 2.05) is 0 Å². The molecule has 5 heteroatoms. The quantitative estimate of drug-likeness (QED) is 0.838. The minimum absolute atomic E-state index is 0.0465. The summed E-state index contributed by atoms with van der Waals surface area (Å²) in [5.74, 6) is -0.0465. The molecule has 18 heavy (non-hydrogen) atoms. The number of aryl methyl sites for hydroxylation is 1. The first-order valence-corrected chi connectivity index (χ1v) is 5.21. The van der Waals surface area contributed by atoms with Gasteiger partial charge in [-0.25, -0.2) is 0 Å². The van der Waals surface area contributed by atoms with E-state index >= 15 is 0 Å². The van der Waals surface area contributed by atoms with Gasteiger partial charge in [-0.1, -0.05) is 12.1 Å². The lowest BCUT2D eigenvalue weighted by Gasteiger charge is -2.08. The molecule has 0 atom stereocenters. The van der Waals surface area contributed by atoms with Gasteiger partial charge in [0.05, 0.1) is 5.56 Å². The van der Waals surface area contributed by atoms with Crippen molar-refractivity contribution in [3.8, 4) is 17.0 Å². The van der Waals surface area contributed by atoms with Crippen molar-refractivity contribution in [2.75, 3.05) is 0 Å². The predicted molar refractivity (Wildman–Crippen MR) is 61.1 cm³/mol. The Hall–Kier alpha value is -2.04. The third kappa shape index (κ3) is 2.45. The second-order valence-electron chi connectivity index (χ2n) is 3.96. The van der Waals surface area contributed by atoms with Crippen molar-refractivity contribution >= 4 is 0 Å². The molecular weight excluding hydrogens is 243 g/mol. The van der Waals surface area contributed by atoms with E-state index < -0.39 is 11.7 Å². The largest absolute Gasteiger partial charge is 0.506 e. The van der Waals surface area contributed by atoms with Gasteiger partial charge < -0.3 is 5.11 Å². The summed E-state index contributed by atoms with van der Waals surface area (Å²) in [5.41, 5.74) is 0.774. The number of halogens is 3. The molecule has 0 aliphatic heterocycles. The summed E-state index contributed by atoms with van der Waals surface area (Å²) in [6.45, 7) is 1.77. The topological polar surface area (TPSA) is 33.1 Å². The zero-order valence-corrected chi connectivity index (χ0v) is 9.49. The van der Waals surface area contributed by atoms with Gasteiger partial charge in [0.25, 0.3) is 0 Å². The van der Waals surface area contributed by atoms with Crippen molar-refractivity contribution in [2.24, 2.45) is 0 Å². The van der Waals surface area contributed by atoms with Gasteiger partial charge in [-0.15, -0.1) is 0 Å². The molecule has 2 aromatic rings. The summed E-state index contributed by atoms with van der Waals surface area (Å²) in [4.78, 5) is 4.01. The fourth-order valence-electron chi connectivity index (χ4n) is 1.59. The molecule has 0 saturated carbocycles. The van der Waals surface area contributed by atoms with E-state index in [-0.39, 0.29) is 11.4 Å². The number of alkyl halides is 3. The number of nitrogens with zero attached hydrogens (tertiary/aromatic N) is 1. The molecule has 0 radical (unpaired) electrons. The molecule has 1 aromatic carbocycles. The molecule has 0 amide bonds. The Morgan fingerprint density at radius 3 is 2.22 bits per heavy atom. The van der Waals surface area contributed by atoms with Gasteiger partial charge in [-0.3, -0.25) is 4.98 Å². The number of hydrogen-bond acceptors (Lipinski definition) is 2.